The minimum Gasteiger partial charge on any atom is -0.340 e. The maximum absolute atomic E-state index is 11.3. The van der Waals surface area contributed by atoms with Crippen LogP contribution >= 0.6 is 0 Å². The van der Waals surface area contributed by atoms with Crippen molar-refractivity contribution in [1.29, 1.82) is 0 Å². The second-order valence-corrected chi connectivity index (χ2v) is 6.20. The average Bonchev–Trinajstić information content (AvgIpc) is 2.22. The molecule has 6 nitrogen and oxygen atoms in total. The monoisotopic (exact) mass is 265 g/mol. The van der Waals surface area contributed by atoms with Crippen molar-refractivity contribution in [2.75, 3.05) is 46.0 Å². The Morgan fingerprint density at radius 2 is 1.76 bits per heavy atom. The van der Waals surface area contributed by atoms with Crippen LogP contribution in [-0.2, 0) is 14.8 Å². The molecule has 0 aliphatic carbocycles. The van der Waals surface area contributed by atoms with Gasteiger partial charge in [-0.2, -0.15) is 0 Å². The SMILES string of the molecule is CCS(=O)(=O)NCCN(CCN(C)C)C(C)=O. The molecule has 1 N–H and O–H groups in total. The van der Waals surface area contributed by atoms with Crippen LogP contribution in [0.2, 0.25) is 0 Å². The van der Waals surface area contributed by atoms with Crippen molar-refractivity contribution < 1.29 is 13.2 Å². The summed E-state index contributed by atoms with van der Waals surface area (Å²) in [6, 6.07) is 0. The molecule has 0 aromatic heterocycles. The van der Waals surface area contributed by atoms with Gasteiger partial charge in [0, 0.05) is 33.1 Å². The highest BCUT2D eigenvalue weighted by Crippen LogP contribution is 1.91. The Labute approximate surface area is 104 Å². The maximum Gasteiger partial charge on any atom is 0.219 e. The Morgan fingerprint density at radius 3 is 2.18 bits per heavy atom. The lowest BCUT2D eigenvalue weighted by Gasteiger charge is -2.23. The van der Waals surface area contributed by atoms with Gasteiger partial charge in [0.05, 0.1) is 5.75 Å². The fourth-order valence-corrected chi connectivity index (χ4v) is 1.79. The Balaban J connectivity index is 4.06. The lowest BCUT2D eigenvalue weighted by Crippen LogP contribution is -2.40. The zero-order valence-corrected chi connectivity index (χ0v) is 11.9. The number of nitrogens with zero attached hydrogens (tertiary/aromatic N) is 2. The van der Waals surface area contributed by atoms with Crippen LogP contribution in [0.3, 0.4) is 0 Å². The molecule has 0 rings (SSSR count). The first-order chi connectivity index (χ1) is 7.78. The van der Waals surface area contributed by atoms with E-state index in [1.807, 2.05) is 19.0 Å². The summed E-state index contributed by atoms with van der Waals surface area (Å²) in [7, 11) is 0.687. The van der Waals surface area contributed by atoms with Gasteiger partial charge in [-0.3, -0.25) is 4.79 Å². The van der Waals surface area contributed by atoms with E-state index in [1.54, 1.807) is 11.8 Å². The lowest BCUT2D eigenvalue weighted by molar-refractivity contribution is -0.128. The van der Waals surface area contributed by atoms with E-state index in [9.17, 15) is 13.2 Å². The quantitative estimate of drug-likeness (QED) is 0.632. The number of hydrogen-bond acceptors (Lipinski definition) is 4. The van der Waals surface area contributed by atoms with Gasteiger partial charge in [-0.05, 0) is 21.0 Å². The van der Waals surface area contributed by atoms with E-state index in [0.29, 0.717) is 13.1 Å². The third-order valence-electron chi connectivity index (χ3n) is 2.35. The highest BCUT2D eigenvalue weighted by molar-refractivity contribution is 7.89. The molecule has 1 amide bonds. The van der Waals surface area contributed by atoms with E-state index in [-0.39, 0.29) is 18.2 Å². The van der Waals surface area contributed by atoms with Crippen LogP contribution in [-0.4, -0.2) is 70.2 Å². The molecule has 0 spiro atoms. The number of likely N-dealkylation sites (N-methyl/N-ethyl adjacent to an activating group) is 1. The van der Waals surface area contributed by atoms with Crippen LogP contribution in [0, 0.1) is 0 Å². The number of carbonyl (C=O) groups is 1. The van der Waals surface area contributed by atoms with E-state index < -0.39 is 10.0 Å². The highest BCUT2D eigenvalue weighted by atomic mass is 32.2. The summed E-state index contributed by atoms with van der Waals surface area (Å²) in [5.41, 5.74) is 0. The second kappa shape index (κ2) is 7.62. The van der Waals surface area contributed by atoms with Crippen LogP contribution < -0.4 is 4.72 Å². The predicted octanol–water partition coefficient (Wildman–Crippen LogP) is -0.664. The number of nitrogens with one attached hydrogen (secondary N) is 1. The highest BCUT2D eigenvalue weighted by Gasteiger charge is 2.11. The fraction of sp³-hybridized carbons (Fsp3) is 0.900. The van der Waals surface area contributed by atoms with Gasteiger partial charge in [-0.15, -0.1) is 0 Å². The molecule has 0 saturated carbocycles. The van der Waals surface area contributed by atoms with Gasteiger partial charge >= 0.3 is 0 Å². The lowest BCUT2D eigenvalue weighted by atomic mass is 10.4. The van der Waals surface area contributed by atoms with Crippen molar-refractivity contribution >= 4 is 15.9 Å². The van der Waals surface area contributed by atoms with E-state index >= 15 is 0 Å². The molecule has 0 aromatic rings. The Kier molecular flexibility index (Phi) is 7.33. The molecule has 102 valence electrons. The van der Waals surface area contributed by atoms with Gasteiger partial charge in [-0.1, -0.05) is 0 Å². The number of carbonyl (C=O) groups excluding carboxylic acids is 1. The van der Waals surface area contributed by atoms with E-state index in [1.165, 1.54) is 6.92 Å². The minimum atomic E-state index is -3.17. The van der Waals surface area contributed by atoms with Crippen LogP contribution in [0.25, 0.3) is 0 Å². The van der Waals surface area contributed by atoms with E-state index in [2.05, 4.69) is 4.72 Å². The first-order valence-corrected chi connectivity index (χ1v) is 7.31. The van der Waals surface area contributed by atoms with E-state index in [0.717, 1.165) is 6.54 Å². The molecule has 0 bridgehead atoms. The number of hydrogen-bond donors (Lipinski definition) is 1. The smallest absolute Gasteiger partial charge is 0.219 e. The molecule has 0 heterocycles. The Bertz CT molecular complexity index is 328. The molecule has 0 aliphatic rings. The largest absolute Gasteiger partial charge is 0.340 e. The predicted molar refractivity (Wildman–Crippen MR) is 68.3 cm³/mol. The van der Waals surface area contributed by atoms with Crippen LogP contribution in [0.15, 0.2) is 0 Å². The zero-order chi connectivity index (χ0) is 13.5. The van der Waals surface area contributed by atoms with Gasteiger partial charge in [0.2, 0.25) is 15.9 Å². The minimum absolute atomic E-state index is 0.0393. The standard InChI is InChI=1S/C10H23N3O3S/c1-5-17(15,16)11-6-7-13(10(2)14)9-8-12(3)4/h11H,5-9H2,1-4H3. The molecule has 0 fully saturated rings. The van der Waals surface area contributed by atoms with E-state index in [4.69, 9.17) is 0 Å². The van der Waals surface area contributed by atoms with Crippen molar-refractivity contribution in [2.24, 2.45) is 0 Å². The summed E-state index contributed by atoms with van der Waals surface area (Å²) in [5.74, 6) is 0.0210. The number of rotatable bonds is 8. The Morgan fingerprint density at radius 1 is 1.18 bits per heavy atom. The average molecular weight is 265 g/mol. The summed E-state index contributed by atoms with van der Waals surface area (Å²) in [6.45, 7) is 5.11. The second-order valence-electron chi connectivity index (χ2n) is 4.11. The van der Waals surface area contributed by atoms with Crippen molar-refractivity contribution in [2.45, 2.75) is 13.8 Å². The van der Waals surface area contributed by atoms with Crippen molar-refractivity contribution in [3.8, 4) is 0 Å². The third kappa shape index (κ3) is 8.12. The first-order valence-electron chi connectivity index (χ1n) is 5.66. The Hall–Kier alpha value is -0.660. The summed E-state index contributed by atoms with van der Waals surface area (Å²) >= 11 is 0. The molecule has 0 saturated heterocycles. The molecule has 0 unspecified atom stereocenters. The molecule has 7 heteroatoms. The molecule has 0 aliphatic heterocycles. The molecule has 0 aromatic carbocycles. The molecular weight excluding hydrogens is 242 g/mol. The summed E-state index contributed by atoms with van der Waals surface area (Å²) in [4.78, 5) is 14.9. The van der Waals surface area contributed by atoms with Crippen molar-refractivity contribution in [3.05, 3.63) is 0 Å². The number of amides is 1. The fourth-order valence-electron chi connectivity index (χ4n) is 1.19. The molecule has 0 atom stereocenters. The first kappa shape index (κ1) is 16.3. The topological polar surface area (TPSA) is 69.7 Å². The van der Waals surface area contributed by atoms with Gasteiger partial charge in [0.1, 0.15) is 0 Å². The summed E-state index contributed by atoms with van der Waals surface area (Å²) in [6.07, 6.45) is 0. The van der Waals surface area contributed by atoms with Crippen LogP contribution in [0.1, 0.15) is 13.8 Å². The maximum atomic E-state index is 11.3. The van der Waals surface area contributed by atoms with Crippen LogP contribution in [0.5, 0.6) is 0 Å². The van der Waals surface area contributed by atoms with Crippen LogP contribution in [0.4, 0.5) is 0 Å². The van der Waals surface area contributed by atoms with Gasteiger partial charge in [0.15, 0.2) is 0 Å². The molecule has 0 radical (unpaired) electrons. The summed E-state index contributed by atoms with van der Waals surface area (Å²) < 4.78 is 24.8. The van der Waals surface area contributed by atoms with Gasteiger partial charge < -0.3 is 9.80 Å². The summed E-state index contributed by atoms with van der Waals surface area (Å²) in [5, 5.41) is 0. The third-order valence-corrected chi connectivity index (χ3v) is 3.75. The van der Waals surface area contributed by atoms with Gasteiger partial charge in [0.25, 0.3) is 0 Å². The molecule has 17 heavy (non-hydrogen) atoms. The van der Waals surface area contributed by atoms with Crippen molar-refractivity contribution in [3.63, 3.8) is 0 Å². The molecular formula is C10H23N3O3S. The normalized spacial score (nSPS) is 11.8. The van der Waals surface area contributed by atoms with Gasteiger partial charge in [-0.25, -0.2) is 13.1 Å². The zero-order valence-electron chi connectivity index (χ0n) is 11.1. The number of sulfonamides is 1. The van der Waals surface area contributed by atoms with Crippen molar-refractivity contribution in [1.82, 2.24) is 14.5 Å².